The van der Waals surface area contributed by atoms with Crippen LogP contribution in [0.2, 0.25) is 0 Å². The highest BCUT2D eigenvalue weighted by molar-refractivity contribution is 6.04. The number of carbonyl (C=O) groups is 4. The van der Waals surface area contributed by atoms with E-state index in [0.717, 1.165) is 88.2 Å². The van der Waals surface area contributed by atoms with Crippen LogP contribution in [0.4, 0.5) is 0 Å². The molecule has 0 radical (unpaired) electrons. The second-order valence-corrected chi connectivity index (χ2v) is 28.5. The molecule has 0 aromatic carbocycles. The van der Waals surface area contributed by atoms with Crippen molar-refractivity contribution < 1.29 is 23.9 Å². The normalized spacial score (nSPS) is 50.8. The van der Waals surface area contributed by atoms with Crippen LogP contribution in [0.1, 0.15) is 186 Å². The minimum Gasteiger partial charge on any atom is -0.392 e. The number of Topliss-reactive ketones (excluding diaryl/α,β-unsaturated/α-hetero) is 2. The summed E-state index contributed by atoms with van der Waals surface area (Å²) >= 11 is 0. The fourth-order valence-corrected chi connectivity index (χ4v) is 22.5. The number of hydrogen-bond acceptors (Lipinski definition) is 7. The van der Waals surface area contributed by atoms with Crippen molar-refractivity contribution in [1.82, 2.24) is 0 Å². The summed E-state index contributed by atoms with van der Waals surface area (Å²) in [6.45, 7) is 36.5. The third kappa shape index (κ3) is 5.78. The molecule has 0 bridgehead atoms. The van der Waals surface area contributed by atoms with E-state index in [1.165, 1.54) is 0 Å². The SMILES string of the molecule is C=C(C)[C@@H]1CC[C@]2(C(=O)OC(=O)[C@]34CC[C@@H](C(=C)C)[C@@H]3C3CCC5[C@@]6(C)C=C(C#N)C(=O)C(C)(C)C6CC[C@@]5(C)[C@]3(C)CC4)CC[C@]3(C)C(CCC4[C@@]5(C)C=C(C#N)C(=O)C(C)(C)C5CC[C@]43C)[C@@H]12. The van der Waals surface area contributed by atoms with Gasteiger partial charge >= 0.3 is 11.9 Å². The minimum absolute atomic E-state index is 0.0160. The van der Waals surface area contributed by atoms with E-state index in [0.29, 0.717) is 48.7 Å². The zero-order valence-corrected chi connectivity index (χ0v) is 44.6. The van der Waals surface area contributed by atoms with Gasteiger partial charge in [0.25, 0.3) is 0 Å². The van der Waals surface area contributed by atoms with Gasteiger partial charge in [-0.3, -0.25) is 19.2 Å². The van der Waals surface area contributed by atoms with Crippen molar-refractivity contribution in [1.29, 1.82) is 10.5 Å². The summed E-state index contributed by atoms with van der Waals surface area (Å²) in [7, 11) is 0. The molecule has 0 aromatic heterocycles. The number of carbonyl (C=O) groups excluding carboxylic acids is 4. The Kier molecular flexibility index (Phi) is 10.7. The molecule has 10 aliphatic rings. The standard InChI is InChI=1S/C62H84N2O5/c1-35(2)39-19-25-61(29-27-57(11)41(47(39)61)15-17-45-55(9)31-37(33-63)49(65)53(5,6)43(55)21-23-59(45,57)13)51(67)69-52(68)62-26-20-40(36(3)4)48(62)42-16-18-46-56(10)32-38(34-64)50(66)54(7,8)44(56)22-24-60(46,14)58(42,12)28-30-62/h31-32,39-48H,1,3,15-30H2,2,4-14H3/t39-,40-,41?,42?,43?,44?,45?,46?,47+,48+,55-,56-,57+,58+,59+,60+,61-,62-/m0/s1. The first-order valence-corrected chi connectivity index (χ1v) is 27.5. The van der Waals surface area contributed by atoms with E-state index in [-0.39, 0.29) is 103 Å². The molecule has 18 atom stereocenters. The van der Waals surface area contributed by atoms with Crippen LogP contribution in [0.25, 0.3) is 0 Å². The van der Waals surface area contributed by atoms with Gasteiger partial charge in [-0.15, -0.1) is 0 Å². The molecule has 8 saturated carbocycles. The monoisotopic (exact) mass is 937 g/mol. The van der Waals surface area contributed by atoms with Crippen LogP contribution in [-0.4, -0.2) is 23.5 Å². The molecule has 0 N–H and O–H groups in total. The van der Waals surface area contributed by atoms with E-state index >= 15 is 9.59 Å². The quantitative estimate of drug-likeness (QED) is 0.156. The van der Waals surface area contributed by atoms with E-state index in [4.69, 9.17) is 4.74 Å². The fraction of sp³-hybridized carbons (Fsp3) is 0.774. The van der Waals surface area contributed by atoms with Gasteiger partial charge in [0.05, 0.1) is 22.0 Å². The second-order valence-electron chi connectivity index (χ2n) is 28.5. The summed E-state index contributed by atoms with van der Waals surface area (Å²) in [5.74, 6) is 1.21. The molecule has 7 nitrogen and oxygen atoms in total. The Hall–Kier alpha value is -3.58. The smallest absolute Gasteiger partial charge is 0.320 e. The Morgan fingerprint density at radius 1 is 0.507 bits per heavy atom. The highest BCUT2D eigenvalue weighted by atomic mass is 16.6. The van der Waals surface area contributed by atoms with Gasteiger partial charge in [-0.2, -0.15) is 10.5 Å². The van der Waals surface area contributed by atoms with Gasteiger partial charge in [0.1, 0.15) is 12.1 Å². The highest BCUT2D eigenvalue weighted by Gasteiger charge is 2.75. The number of nitrogens with zero attached hydrogens (tertiary/aromatic N) is 2. The average molecular weight is 937 g/mol. The van der Waals surface area contributed by atoms with Crippen molar-refractivity contribution in [3.63, 3.8) is 0 Å². The molecule has 0 aliphatic heterocycles. The van der Waals surface area contributed by atoms with Crippen LogP contribution in [0.15, 0.2) is 47.6 Å². The number of esters is 2. The Morgan fingerprint density at radius 2 is 0.870 bits per heavy atom. The lowest BCUT2D eigenvalue weighted by Crippen LogP contribution is -2.67. The number of rotatable bonds is 4. The highest BCUT2D eigenvalue weighted by Crippen LogP contribution is 2.79. The summed E-state index contributed by atoms with van der Waals surface area (Å²) in [5.41, 5.74) is -0.738. The van der Waals surface area contributed by atoms with Gasteiger partial charge in [-0.25, -0.2) is 0 Å². The van der Waals surface area contributed by atoms with Crippen molar-refractivity contribution in [3.05, 3.63) is 47.6 Å². The molecule has 69 heavy (non-hydrogen) atoms. The summed E-state index contributed by atoms with van der Waals surface area (Å²) in [4.78, 5) is 58.6. The third-order valence-electron chi connectivity index (χ3n) is 26.0. The van der Waals surface area contributed by atoms with Crippen LogP contribution in [-0.2, 0) is 23.9 Å². The van der Waals surface area contributed by atoms with E-state index < -0.39 is 21.7 Å². The van der Waals surface area contributed by atoms with Crippen molar-refractivity contribution in [2.75, 3.05) is 0 Å². The summed E-state index contributed by atoms with van der Waals surface area (Å²) in [5, 5.41) is 20.5. The number of hydrogen-bond donors (Lipinski definition) is 0. The van der Waals surface area contributed by atoms with Crippen molar-refractivity contribution >= 4 is 23.5 Å². The van der Waals surface area contributed by atoms with Crippen LogP contribution in [0, 0.1) is 136 Å². The zero-order chi connectivity index (χ0) is 50.2. The third-order valence-corrected chi connectivity index (χ3v) is 26.0. The Labute approximate surface area is 415 Å². The molecular formula is C62H84N2O5. The van der Waals surface area contributed by atoms with Gasteiger partial charge in [0.2, 0.25) is 0 Å². The fourth-order valence-electron chi connectivity index (χ4n) is 22.5. The number of nitriles is 2. The second kappa shape index (κ2) is 15.0. The first-order chi connectivity index (χ1) is 32.1. The van der Waals surface area contributed by atoms with E-state index in [2.05, 4.69) is 121 Å². The minimum atomic E-state index is -0.757. The number of fused-ring (bicyclic) bond motifs is 14. The first-order valence-electron chi connectivity index (χ1n) is 27.5. The number of ketones is 2. The van der Waals surface area contributed by atoms with Crippen LogP contribution < -0.4 is 0 Å². The molecular weight excluding hydrogens is 853 g/mol. The van der Waals surface area contributed by atoms with E-state index in [1.54, 1.807) is 0 Å². The van der Waals surface area contributed by atoms with Gasteiger partial charge in [0.15, 0.2) is 11.6 Å². The average Bonchev–Trinajstić information content (AvgIpc) is 3.88. The van der Waals surface area contributed by atoms with Crippen molar-refractivity contribution in [3.8, 4) is 12.1 Å². The molecule has 6 unspecified atom stereocenters. The lowest BCUT2D eigenvalue weighted by atomic mass is 9.32. The Balaban J connectivity index is 0.963. The predicted molar refractivity (Wildman–Crippen MR) is 268 cm³/mol. The molecule has 8 fully saturated rings. The molecule has 0 heterocycles. The lowest BCUT2D eigenvalue weighted by Gasteiger charge is -2.71. The molecule has 10 aliphatic carbocycles. The molecule has 0 saturated heterocycles. The Morgan fingerprint density at radius 3 is 1.20 bits per heavy atom. The van der Waals surface area contributed by atoms with E-state index in [9.17, 15) is 20.1 Å². The van der Waals surface area contributed by atoms with E-state index in [1.807, 2.05) is 0 Å². The topological polar surface area (TPSA) is 125 Å². The maximum Gasteiger partial charge on any atom is 0.320 e. The molecule has 10 rings (SSSR count). The summed E-state index contributed by atoms with van der Waals surface area (Å²) < 4.78 is 6.69. The van der Waals surface area contributed by atoms with Crippen LogP contribution >= 0.6 is 0 Å². The van der Waals surface area contributed by atoms with Gasteiger partial charge in [-0.05, 0) is 208 Å². The summed E-state index contributed by atoms with van der Waals surface area (Å²) in [6, 6.07) is 4.62. The Bertz CT molecular complexity index is 2340. The predicted octanol–water partition coefficient (Wildman–Crippen LogP) is 13.8. The first kappa shape index (κ1) is 49.0. The molecule has 0 spiro atoms. The molecule has 0 aromatic rings. The maximum absolute atomic E-state index is 15.6. The van der Waals surface area contributed by atoms with Crippen molar-refractivity contribution in [2.45, 2.75) is 186 Å². The van der Waals surface area contributed by atoms with Gasteiger partial charge in [-0.1, -0.05) is 106 Å². The number of allylic oxidation sites excluding steroid dienone is 6. The molecule has 372 valence electrons. The number of ether oxygens (including phenoxy) is 1. The van der Waals surface area contributed by atoms with Gasteiger partial charge in [0, 0.05) is 10.8 Å². The van der Waals surface area contributed by atoms with Crippen LogP contribution in [0.3, 0.4) is 0 Å². The largest absolute Gasteiger partial charge is 0.392 e. The molecule has 0 amide bonds. The summed E-state index contributed by atoms with van der Waals surface area (Å²) in [6.07, 6.45) is 18.3. The maximum atomic E-state index is 15.6. The lowest BCUT2D eigenvalue weighted by molar-refractivity contribution is -0.229. The van der Waals surface area contributed by atoms with Gasteiger partial charge < -0.3 is 4.74 Å². The van der Waals surface area contributed by atoms with Crippen molar-refractivity contribution in [2.24, 2.45) is 113 Å². The molecule has 7 heteroatoms. The zero-order valence-electron chi connectivity index (χ0n) is 44.6. The van der Waals surface area contributed by atoms with Crippen LogP contribution in [0.5, 0.6) is 0 Å².